The zero-order chi connectivity index (χ0) is 29.4. The number of carbonyl (C=O) groups excluding carboxylic acids is 1. The lowest BCUT2D eigenvalue weighted by Gasteiger charge is -2.24. The van der Waals surface area contributed by atoms with Gasteiger partial charge in [0, 0.05) is 30.1 Å². The molecule has 0 spiro atoms. The number of ether oxygens (including phenoxy) is 3. The van der Waals surface area contributed by atoms with Gasteiger partial charge in [-0.2, -0.15) is 0 Å². The van der Waals surface area contributed by atoms with E-state index in [0.717, 1.165) is 45.7 Å². The maximum Gasteiger partial charge on any atom is 0.309 e. The number of hydrogen-bond acceptors (Lipinski definition) is 7. The highest BCUT2D eigenvalue weighted by molar-refractivity contribution is 7.91. The molecule has 0 unspecified atom stereocenters. The third-order valence-electron chi connectivity index (χ3n) is 8.41. The first-order valence-corrected chi connectivity index (χ1v) is 16.5. The quantitative estimate of drug-likeness (QED) is 0.322. The zero-order valence-corrected chi connectivity index (χ0v) is 24.8. The summed E-state index contributed by atoms with van der Waals surface area (Å²) >= 11 is 0. The number of nitrogens with one attached hydrogen (secondary N) is 1. The third kappa shape index (κ3) is 6.11. The predicted octanol–water partition coefficient (Wildman–Crippen LogP) is 5.97. The molecule has 222 valence electrons. The van der Waals surface area contributed by atoms with E-state index in [1.165, 1.54) is 6.07 Å². The standard InChI is InChI=1S/C33H36FNO6S/c1-3-39-33(36)28-18-27(28)26-6-5-23(17-30(26)34)35-19-21-4-7-31-29(15-21)32-20(2)14-25(16-22(32)8-11-40-31)41-24-9-12-42(37,38)13-10-24/h4-7,14-17,24,27-28,35H,3,8-13,18-19H2,1-2H3/t27-,28+/m1/s1. The molecule has 0 radical (unpaired) electrons. The largest absolute Gasteiger partial charge is 0.493 e. The van der Waals surface area contributed by atoms with Crippen molar-refractivity contribution in [3.8, 4) is 22.6 Å². The molecule has 7 nitrogen and oxygen atoms in total. The van der Waals surface area contributed by atoms with E-state index in [4.69, 9.17) is 14.2 Å². The molecule has 2 aliphatic heterocycles. The van der Waals surface area contributed by atoms with Gasteiger partial charge >= 0.3 is 5.97 Å². The van der Waals surface area contributed by atoms with Crippen LogP contribution in [0.3, 0.4) is 0 Å². The molecule has 0 aromatic heterocycles. The average molecular weight is 594 g/mol. The highest BCUT2D eigenvalue weighted by atomic mass is 32.2. The Morgan fingerprint density at radius 2 is 1.90 bits per heavy atom. The van der Waals surface area contributed by atoms with Crippen LogP contribution in [-0.4, -0.2) is 45.2 Å². The van der Waals surface area contributed by atoms with Crippen LogP contribution in [0.4, 0.5) is 10.1 Å². The summed E-state index contributed by atoms with van der Waals surface area (Å²) in [6.45, 7) is 5.22. The van der Waals surface area contributed by atoms with Crippen molar-refractivity contribution in [1.29, 1.82) is 0 Å². The van der Waals surface area contributed by atoms with Gasteiger partial charge in [-0.05, 0) is 97.3 Å². The highest BCUT2D eigenvalue weighted by Crippen LogP contribution is 2.49. The molecule has 1 saturated carbocycles. The Labute approximate surface area is 246 Å². The second-order valence-corrected chi connectivity index (χ2v) is 13.8. The minimum atomic E-state index is -2.94. The highest BCUT2D eigenvalue weighted by Gasteiger charge is 2.46. The molecule has 1 saturated heterocycles. The lowest BCUT2D eigenvalue weighted by molar-refractivity contribution is -0.144. The summed E-state index contributed by atoms with van der Waals surface area (Å²) in [5.74, 6) is 1.00. The summed E-state index contributed by atoms with van der Waals surface area (Å²) in [4.78, 5) is 12.0. The molecule has 0 amide bonds. The minimum absolute atomic E-state index is 0.0971. The second-order valence-electron chi connectivity index (χ2n) is 11.5. The number of esters is 1. The van der Waals surface area contributed by atoms with Crippen LogP contribution in [0.2, 0.25) is 0 Å². The Kier molecular flexibility index (Phi) is 7.87. The Morgan fingerprint density at radius 3 is 2.67 bits per heavy atom. The number of sulfone groups is 1. The molecule has 3 aromatic rings. The topological polar surface area (TPSA) is 90.9 Å². The van der Waals surface area contributed by atoms with Crippen molar-refractivity contribution < 1.29 is 31.8 Å². The predicted molar refractivity (Wildman–Crippen MR) is 159 cm³/mol. The lowest BCUT2D eigenvalue weighted by Crippen LogP contribution is -2.30. The number of anilines is 1. The van der Waals surface area contributed by atoms with Crippen LogP contribution in [-0.2, 0) is 32.3 Å². The molecule has 2 heterocycles. The maximum absolute atomic E-state index is 14.9. The first kappa shape index (κ1) is 28.5. The lowest BCUT2D eigenvalue weighted by atomic mass is 9.92. The number of carbonyl (C=O) groups is 1. The first-order chi connectivity index (χ1) is 20.2. The third-order valence-corrected chi connectivity index (χ3v) is 10.1. The van der Waals surface area contributed by atoms with E-state index in [1.54, 1.807) is 13.0 Å². The summed E-state index contributed by atoms with van der Waals surface area (Å²) in [7, 11) is -2.94. The number of halogens is 1. The van der Waals surface area contributed by atoms with Gasteiger partial charge in [0.1, 0.15) is 23.4 Å². The molecular weight excluding hydrogens is 557 g/mol. The van der Waals surface area contributed by atoms with Crippen molar-refractivity contribution in [3.05, 3.63) is 76.6 Å². The normalized spacial score (nSPS) is 20.8. The van der Waals surface area contributed by atoms with Gasteiger partial charge in [0.05, 0.1) is 30.6 Å². The average Bonchev–Trinajstić information content (AvgIpc) is 3.76. The smallest absolute Gasteiger partial charge is 0.309 e. The Balaban J connectivity index is 1.16. The second kappa shape index (κ2) is 11.6. The number of aryl methyl sites for hydroxylation is 1. The van der Waals surface area contributed by atoms with E-state index < -0.39 is 9.84 Å². The minimum Gasteiger partial charge on any atom is -0.493 e. The van der Waals surface area contributed by atoms with Gasteiger partial charge in [-0.1, -0.05) is 12.1 Å². The molecule has 2 atom stereocenters. The summed E-state index contributed by atoms with van der Waals surface area (Å²) in [6.07, 6.45) is 2.29. The van der Waals surface area contributed by atoms with Crippen molar-refractivity contribution >= 4 is 21.5 Å². The molecule has 0 bridgehead atoms. The number of rotatable bonds is 8. The van der Waals surface area contributed by atoms with E-state index in [2.05, 4.69) is 24.4 Å². The Bertz CT molecular complexity index is 1610. The molecule has 6 rings (SSSR count). The number of hydrogen-bond donors (Lipinski definition) is 1. The van der Waals surface area contributed by atoms with Crippen molar-refractivity contribution in [2.45, 2.75) is 58.1 Å². The van der Waals surface area contributed by atoms with Crippen LogP contribution in [0.15, 0.2) is 48.5 Å². The van der Waals surface area contributed by atoms with Gasteiger partial charge in [-0.3, -0.25) is 4.79 Å². The van der Waals surface area contributed by atoms with Crippen LogP contribution in [0.1, 0.15) is 54.4 Å². The molecule has 42 heavy (non-hydrogen) atoms. The van der Waals surface area contributed by atoms with Crippen molar-refractivity contribution in [2.75, 3.05) is 30.0 Å². The van der Waals surface area contributed by atoms with Gasteiger partial charge in [-0.15, -0.1) is 0 Å². The van der Waals surface area contributed by atoms with E-state index in [-0.39, 0.29) is 41.2 Å². The van der Waals surface area contributed by atoms with E-state index in [0.29, 0.717) is 50.3 Å². The van der Waals surface area contributed by atoms with Crippen LogP contribution >= 0.6 is 0 Å². The Morgan fingerprint density at radius 1 is 1.10 bits per heavy atom. The molecule has 3 aliphatic rings. The molecule has 1 N–H and O–H groups in total. The van der Waals surface area contributed by atoms with E-state index in [1.807, 2.05) is 24.3 Å². The van der Waals surface area contributed by atoms with Crippen LogP contribution in [0.25, 0.3) is 11.1 Å². The van der Waals surface area contributed by atoms with E-state index in [9.17, 15) is 17.6 Å². The van der Waals surface area contributed by atoms with Gasteiger partial charge in [0.2, 0.25) is 0 Å². The van der Waals surface area contributed by atoms with Gasteiger partial charge in [0.25, 0.3) is 0 Å². The fourth-order valence-electron chi connectivity index (χ4n) is 6.12. The molecule has 3 aromatic carbocycles. The summed E-state index contributed by atoms with van der Waals surface area (Å²) in [5, 5.41) is 3.33. The fourth-order valence-corrected chi connectivity index (χ4v) is 7.57. The molecule has 9 heteroatoms. The number of benzene rings is 3. The fraction of sp³-hybridized carbons (Fsp3) is 0.424. The molecule has 1 aliphatic carbocycles. The van der Waals surface area contributed by atoms with Gasteiger partial charge in [-0.25, -0.2) is 12.8 Å². The SMILES string of the molecule is CCOC(=O)[C@H]1C[C@@H]1c1ccc(NCc2ccc3c(c2)-c2c(C)cc(OC4CCS(=O)(=O)CC4)cc2CCO3)cc1F. The summed E-state index contributed by atoms with van der Waals surface area (Å²) < 4.78 is 56.0. The van der Waals surface area contributed by atoms with Gasteiger partial charge < -0.3 is 19.5 Å². The van der Waals surface area contributed by atoms with Gasteiger partial charge in [0.15, 0.2) is 9.84 Å². The van der Waals surface area contributed by atoms with Crippen LogP contribution in [0, 0.1) is 18.7 Å². The molecular formula is C33H36FNO6S. The maximum atomic E-state index is 14.9. The van der Waals surface area contributed by atoms with Crippen molar-refractivity contribution in [3.63, 3.8) is 0 Å². The Hall–Kier alpha value is -3.59. The van der Waals surface area contributed by atoms with E-state index >= 15 is 0 Å². The van der Waals surface area contributed by atoms with Crippen LogP contribution in [0.5, 0.6) is 11.5 Å². The number of fused-ring (bicyclic) bond motifs is 3. The monoisotopic (exact) mass is 593 g/mol. The zero-order valence-electron chi connectivity index (χ0n) is 24.0. The summed E-state index contributed by atoms with van der Waals surface area (Å²) in [5.41, 5.74) is 6.60. The van der Waals surface area contributed by atoms with Crippen LogP contribution < -0.4 is 14.8 Å². The van der Waals surface area contributed by atoms with Crippen molar-refractivity contribution in [2.24, 2.45) is 5.92 Å². The summed E-state index contributed by atoms with van der Waals surface area (Å²) in [6, 6.07) is 15.3. The van der Waals surface area contributed by atoms with Crippen molar-refractivity contribution in [1.82, 2.24) is 0 Å². The first-order valence-electron chi connectivity index (χ1n) is 14.7. The molecule has 2 fully saturated rings.